The van der Waals surface area contributed by atoms with Crippen molar-refractivity contribution in [1.82, 2.24) is 9.80 Å². The van der Waals surface area contributed by atoms with Crippen LogP contribution >= 0.6 is 12.4 Å². The second-order valence-corrected chi connectivity index (χ2v) is 7.42. The fourth-order valence-electron chi connectivity index (χ4n) is 3.89. The van der Waals surface area contributed by atoms with E-state index in [1.165, 1.54) is 13.0 Å². The smallest absolute Gasteiger partial charge is 0.293 e. The van der Waals surface area contributed by atoms with Crippen LogP contribution in [0.4, 0.5) is 11.4 Å². The number of benzene rings is 1. The number of halogens is 1. The first kappa shape index (κ1) is 22.9. The standard InChI is InChI=1S/C19H27N5O4.ClH/c1-14(25)21-8-10-22(11-9-21)17-3-2-16(12-18(17)24(27)28)19(26)23-6-4-15(13-20)5-7-23;/h2-3,12,15H,4-11,13,20H2,1H3;1H. The minimum atomic E-state index is -0.440. The number of carbonyl (C=O) groups is 2. The Morgan fingerprint density at radius 2 is 1.72 bits per heavy atom. The lowest BCUT2D eigenvalue weighted by atomic mass is 9.96. The fraction of sp³-hybridized carbons (Fsp3) is 0.579. The van der Waals surface area contributed by atoms with Crippen molar-refractivity contribution in [2.24, 2.45) is 11.7 Å². The quantitative estimate of drug-likeness (QED) is 0.577. The minimum absolute atomic E-state index is 0. The summed E-state index contributed by atoms with van der Waals surface area (Å²) in [6, 6.07) is 4.70. The predicted molar refractivity (Wildman–Crippen MR) is 112 cm³/mol. The maximum atomic E-state index is 12.8. The summed E-state index contributed by atoms with van der Waals surface area (Å²) in [5.74, 6) is 0.273. The zero-order valence-electron chi connectivity index (χ0n) is 16.6. The molecule has 0 atom stereocenters. The van der Waals surface area contributed by atoms with E-state index < -0.39 is 4.92 Å². The molecule has 29 heavy (non-hydrogen) atoms. The normalized spacial score (nSPS) is 17.7. The highest BCUT2D eigenvalue weighted by Gasteiger charge is 2.28. The first-order valence-corrected chi connectivity index (χ1v) is 9.69. The number of nitro groups is 1. The molecule has 2 heterocycles. The topological polar surface area (TPSA) is 113 Å². The van der Waals surface area contributed by atoms with Crippen LogP contribution in [0.25, 0.3) is 0 Å². The molecule has 2 aliphatic rings. The van der Waals surface area contributed by atoms with Crippen LogP contribution in [0.1, 0.15) is 30.1 Å². The molecule has 1 aromatic rings. The lowest BCUT2D eigenvalue weighted by Gasteiger charge is -2.35. The summed E-state index contributed by atoms with van der Waals surface area (Å²) in [4.78, 5) is 40.8. The number of piperazine rings is 1. The SMILES string of the molecule is CC(=O)N1CCN(c2ccc(C(=O)N3CCC(CN)CC3)cc2[N+](=O)[O-])CC1.Cl. The number of nitro benzene ring substituents is 1. The number of amides is 2. The van der Waals surface area contributed by atoms with Crippen LogP contribution in [0, 0.1) is 16.0 Å². The van der Waals surface area contributed by atoms with Crippen molar-refractivity contribution < 1.29 is 14.5 Å². The van der Waals surface area contributed by atoms with Gasteiger partial charge in [-0.05, 0) is 37.4 Å². The maximum Gasteiger partial charge on any atom is 0.293 e. The number of nitrogens with two attached hydrogens (primary N) is 1. The van der Waals surface area contributed by atoms with Crippen LogP contribution in [-0.4, -0.2) is 72.4 Å². The van der Waals surface area contributed by atoms with E-state index in [1.54, 1.807) is 21.9 Å². The molecule has 2 fully saturated rings. The van der Waals surface area contributed by atoms with E-state index in [9.17, 15) is 19.7 Å². The van der Waals surface area contributed by atoms with Crippen LogP contribution in [0.5, 0.6) is 0 Å². The predicted octanol–water partition coefficient (Wildman–Crippen LogP) is 1.50. The third kappa shape index (κ3) is 5.16. The van der Waals surface area contributed by atoms with E-state index in [0.717, 1.165) is 12.8 Å². The lowest BCUT2D eigenvalue weighted by molar-refractivity contribution is -0.384. The Balaban J connectivity index is 0.00000300. The van der Waals surface area contributed by atoms with Gasteiger partial charge in [0, 0.05) is 57.8 Å². The molecule has 1 aromatic carbocycles. The molecule has 9 nitrogen and oxygen atoms in total. The summed E-state index contributed by atoms with van der Waals surface area (Å²) in [5, 5.41) is 11.6. The van der Waals surface area contributed by atoms with Gasteiger partial charge in [0.1, 0.15) is 5.69 Å². The second kappa shape index (κ2) is 9.89. The molecule has 2 aliphatic heterocycles. The fourth-order valence-corrected chi connectivity index (χ4v) is 3.89. The minimum Gasteiger partial charge on any atom is -0.362 e. The monoisotopic (exact) mass is 425 g/mol. The van der Waals surface area contributed by atoms with Crippen LogP contribution < -0.4 is 10.6 Å². The van der Waals surface area contributed by atoms with Gasteiger partial charge in [-0.25, -0.2) is 0 Å². The zero-order chi connectivity index (χ0) is 20.3. The number of hydrogen-bond acceptors (Lipinski definition) is 6. The number of piperidine rings is 1. The summed E-state index contributed by atoms with van der Waals surface area (Å²) < 4.78 is 0. The van der Waals surface area contributed by atoms with Gasteiger partial charge in [-0.15, -0.1) is 12.4 Å². The molecule has 0 aliphatic carbocycles. The Labute approximate surface area is 176 Å². The van der Waals surface area contributed by atoms with Gasteiger partial charge in [0.25, 0.3) is 11.6 Å². The third-order valence-corrected chi connectivity index (χ3v) is 5.72. The third-order valence-electron chi connectivity index (χ3n) is 5.72. The van der Waals surface area contributed by atoms with Crippen LogP contribution in [0.15, 0.2) is 18.2 Å². The number of anilines is 1. The molecule has 0 saturated carbocycles. The summed E-state index contributed by atoms with van der Waals surface area (Å²) in [7, 11) is 0. The number of nitrogens with zero attached hydrogens (tertiary/aromatic N) is 4. The highest BCUT2D eigenvalue weighted by atomic mass is 35.5. The molecule has 10 heteroatoms. The summed E-state index contributed by atoms with van der Waals surface area (Å²) in [6.45, 7) is 5.52. The van der Waals surface area contributed by atoms with Crippen molar-refractivity contribution in [3.8, 4) is 0 Å². The zero-order valence-corrected chi connectivity index (χ0v) is 17.4. The van der Waals surface area contributed by atoms with Crippen molar-refractivity contribution in [1.29, 1.82) is 0 Å². The van der Waals surface area contributed by atoms with E-state index in [0.29, 0.717) is 63.0 Å². The van der Waals surface area contributed by atoms with Gasteiger partial charge in [0.2, 0.25) is 5.91 Å². The molecule has 2 saturated heterocycles. The first-order valence-electron chi connectivity index (χ1n) is 9.69. The van der Waals surface area contributed by atoms with Crippen LogP contribution in [0.2, 0.25) is 0 Å². The van der Waals surface area contributed by atoms with E-state index in [4.69, 9.17) is 5.73 Å². The van der Waals surface area contributed by atoms with Gasteiger partial charge >= 0.3 is 0 Å². The first-order chi connectivity index (χ1) is 13.4. The molecule has 160 valence electrons. The highest BCUT2D eigenvalue weighted by molar-refractivity contribution is 5.96. The van der Waals surface area contributed by atoms with Gasteiger partial charge < -0.3 is 20.4 Å². The molecule has 0 radical (unpaired) electrons. The van der Waals surface area contributed by atoms with E-state index in [2.05, 4.69) is 0 Å². The number of likely N-dealkylation sites (tertiary alicyclic amines) is 1. The van der Waals surface area contributed by atoms with E-state index >= 15 is 0 Å². The second-order valence-electron chi connectivity index (χ2n) is 7.42. The molecule has 2 amide bonds. The number of rotatable bonds is 4. The van der Waals surface area contributed by atoms with E-state index in [-0.39, 0.29) is 29.9 Å². The highest BCUT2D eigenvalue weighted by Crippen LogP contribution is 2.31. The van der Waals surface area contributed by atoms with Gasteiger partial charge in [0.05, 0.1) is 4.92 Å². The average molecular weight is 426 g/mol. The van der Waals surface area contributed by atoms with Crippen molar-refractivity contribution >= 4 is 35.6 Å². The molecule has 0 unspecified atom stereocenters. The molecule has 3 rings (SSSR count). The van der Waals surface area contributed by atoms with Gasteiger partial charge in [-0.2, -0.15) is 0 Å². The number of carbonyl (C=O) groups excluding carboxylic acids is 2. The van der Waals surface area contributed by atoms with Gasteiger partial charge in [-0.1, -0.05) is 0 Å². The summed E-state index contributed by atoms with van der Waals surface area (Å²) >= 11 is 0. The Hall–Kier alpha value is -2.39. The molecule has 0 spiro atoms. The largest absolute Gasteiger partial charge is 0.362 e. The molecule has 0 bridgehead atoms. The molecular weight excluding hydrogens is 398 g/mol. The van der Waals surface area contributed by atoms with Gasteiger partial charge in [-0.3, -0.25) is 19.7 Å². The Morgan fingerprint density at radius 1 is 1.10 bits per heavy atom. The van der Waals surface area contributed by atoms with Crippen molar-refractivity contribution in [2.45, 2.75) is 19.8 Å². The Bertz CT molecular complexity index is 759. The Morgan fingerprint density at radius 3 is 2.24 bits per heavy atom. The van der Waals surface area contributed by atoms with Crippen LogP contribution in [-0.2, 0) is 4.79 Å². The van der Waals surface area contributed by atoms with Crippen molar-refractivity contribution in [2.75, 3.05) is 50.7 Å². The Kier molecular flexibility index (Phi) is 7.80. The number of hydrogen-bond donors (Lipinski definition) is 1. The molecule has 2 N–H and O–H groups in total. The summed E-state index contributed by atoms with van der Waals surface area (Å²) in [5.41, 5.74) is 6.46. The molecule has 0 aromatic heterocycles. The summed E-state index contributed by atoms with van der Waals surface area (Å²) in [6.07, 6.45) is 1.73. The van der Waals surface area contributed by atoms with E-state index in [1.807, 2.05) is 4.90 Å². The molecular formula is C19H28ClN5O4. The van der Waals surface area contributed by atoms with Crippen LogP contribution in [0.3, 0.4) is 0 Å². The van der Waals surface area contributed by atoms with Gasteiger partial charge in [0.15, 0.2) is 0 Å². The maximum absolute atomic E-state index is 12.8. The lowest BCUT2D eigenvalue weighted by Crippen LogP contribution is -2.48. The van der Waals surface area contributed by atoms with Crippen molar-refractivity contribution in [3.63, 3.8) is 0 Å². The average Bonchev–Trinajstić information content (AvgIpc) is 2.73. The van der Waals surface area contributed by atoms with Crippen molar-refractivity contribution in [3.05, 3.63) is 33.9 Å².